The van der Waals surface area contributed by atoms with E-state index in [1.165, 1.54) is 0 Å². The molecule has 3 heterocycles. The number of fused-ring (bicyclic) bond motifs is 1. The van der Waals surface area contributed by atoms with Crippen LogP contribution in [0.3, 0.4) is 0 Å². The van der Waals surface area contributed by atoms with Gasteiger partial charge in [0.2, 0.25) is 5.91 Å². The summed E-state index contributed by atoms with van der Waals surface area (Å²) in [6, 6.07) is 28.4. The topological polar surface area (TPSA) is 66.9 Å². The van der Waals surface area contributed by atoms with Gasteiger partial charge in [0.05, 0.1) is 12.1 Å². The third-order valence-corrected chi connectivity index (χ3v) is 9.42. The van der Waals surface area contributed by atoms with Crippen LogP contribution in [0, 0.1) is 0 Å². The zero-order valence-electron chi connectivity index (χ0n) is 23.2. The van der Waals surface area contributed by atoms with E-state index in [1.54, 1.807) is 16.7 Å². The van der Waals surface area contributed by atoms with Crippen molar-refractivity contribution in [3.05, 3.63) is 119 Å². The lowest BCUT2D eigenvalue weighted by Crippen LogP contribution is -2.58. The number of esters is 1. The number of rotatable bonds is 7. The lowest BCUT2D eigenvalue weighted by atomic mass is 9.94. The van der Waals surface area contributed by atoms with Gasteiger partial charge < -0.3 is 14.5 Å². The smallest absolute Gasteiger partial charge is 0.331 e. The Balaban J connectivity index is 1.31. The minimum absolute atomic E-state index is 0.123. The van der Waals surface area contributed by atoms with Crippen molar-refractivity contribution in [2.24, 2.45) is 0 Å². The van der Waals surface area contributed by atoms with Crippen molar-refractivity contribution in [2.75, 3.05) is 13.1 Å². The second kappa shape index (κ2) is 11.1. The van der Waals surface area contributed by atoms with Crippen molar-refractivity contribution in [3.8, 4) is 0 Å². The SMILES string of the molecule is CC1(C)S[C@@H]2C(=C=C(CN3CCCC3=O)c3ccccc3)C(=O)N2[C@H]1C(=O)OC(c1ccccc1)c1ccccc1. The molecule has 0 spiro atoms. The number of likely N-dealkylation sites (tertiary alicyclic amines) is 1. The van der Waals surface area contributed by atoms with Crippen LogP contribution >= 0.6 is 11.8 Å². The summed E-state index contributed by atoms with van der Waals surface area (Å²) in [5.74, 6) is -0.519. The molecule has 0 unspecified atom stereocenters. The number of hydrogen-bond donors (Lipinski definition) is 0. The molecule has 3 aliphatic rings. The van der Waals surface area contributed by atoms with Gasteiger partial charge in [0.1, 0.15) is 11.4 Å². The van der Waals surface area contributed by atoms with Crippen molar-refractivity contribution in [1.29, 1.82) is 0 Å². The number of thioether (sulfide) groups is 1. The van der Waals surface area contributed by atoms with Crippen LogP contribution in [-0.4, -0.2) is 56.8 Å². The molecule has 0 N–H and O–H groups in total. The van der Waals surface area contributed by atoms with E-state index in [-0.39, 0.29) is 17.2 Å². The van der Waals surface area contributed by atoms with Gasteiger partial charge in [-0.25, -0.2) is 4.79 Å². The average molecular weight is 565 g/mol. The highest BCUT2D eigenvalue weighted by Gasteiger charge is 2.62. The van der Waals surface area contributed by atoms with Crippen LogP contribution in [-0.2, 0) is 19.1 Å². The highest BCUT2D eigenvalue weighted by Crippen LogP contribution is 2.53. The molecule has 3 aromatic carbocycles. The maximum absolute atomic E-state index is 13.9. The van der Waals surface area contributed by atoms with Crippen LogP contribution in [0.25, 0.3) is 5.57 Å². The first-order chi connectivity index (χ1) is 19.8. The molecule has 3 aromatic rings. The molecule has 7 heteroatoms. The molecule has 0 saturated carbocycles. The summed E-state index contributed by atoms with van der Waals surface area (Å²) >= 11 is 1.58. The highest BCUT2D eigenvalue weighted by molar-refractivity contribution is 8.01. The number of nitrogens with zero attached hydrogens (tertiary/aromatic N) is 2. The van der Waals surface area contributed by atoms with Gasteiger partial charge in [-0.15, -0.1) is 17.5 Å². The Labute approximate surface area is 244 Å². The van der Waals surface area contributed by atoms with E-state index in [0.717, 1.165) is 28.7 Å². The first kappa shape index (κ1) is 27.1. The Bertz CT molecular complexity index is 1490. The van der Waals surface area contributed by atoms with Crippen molar-refractivity contribution in [1.82, 2.24) is 9.80 Å². The molecule has 0 aliphatic carbocycles. The zero-order valence-corrected chi connectivity index (χ0v) is 24.0. The van der Waals surface area contributed by atoms with Gasteiger partial charge >= 0.3 is 5.97 Å². The van der Waals surface area contributed by atoms with E-state index < -0.39 is 22.9 Å². The number of β-lactam (4-membered cyclic amide) rings is 1. The first-order valence-corrected chi connectivity index (χ1v) is 14.9. The largest absolute Gasteiger partial charge is 0.451 e. The summed E-state index contributed by atoms with van der Waals surface area (Å²) in [6.07, 6.45) is 0.807. The van der Waals surface area contributed by atoms with Crippen LogP contribution in [0.15, 0.2) is 102 Å². The summed E-state index contributed by atoms with van der Waals surface area (Å²) in [4.78, 5) is 43.4. The lowest BCUT2D eigenvalue weighted by molar-refractivity contribution is -0.160. The molecule has 3 saturated heterocycles. The summed E-state index contributed by atoms with van der Waals surface area (Å²) in [6.45, 7) is 5.08. The van der Waals surface area contributed by atoms with Gasteiger partial charge in [-0.05, 0) is 37.0 Å². The van der Waals surface area contributed by atoms with E-state index in [4.69, 9.17) is 4.74 Å². The molecule has 6 rings (SSSR count). The molecule has 3 fully saturated rings. The quantitative estimate of drug-likeness (QED) is 0.162. The normalized spacial score (nSPS) is 21.0. The number of ether oxygens (including phenoxy) is 1. The van der Waals surface area contributed by atoms with Crippen molar-refractivity contribution >= 4 is 35.1 Å². The molecule has 0 aromatic heterocycles. The molecule has 2 atom stereocenters. The predicted molar refractivity (Wildman–Crippen MR) is 160 cm³/mol. The summed E-state index contributed by atoms with van der Waals surface area (Å²) < 4.78 is 5.63. The third-order valence-electron chi connectivity index (χ3n) is 7.91. The monoisotopic (exact) mass is 564 g/mol. The Hall–Kier alpha value is -4.06. The van der Waals surface area contributed by atoms with Gasteiger partial charge in [0.25, 0.3) is 5.91 Å². The van der Waals surface area contributed by atoms with Crippen LogP contribution in [0.4, 0.5) is 0 Å². The maximum Gasteiger partial charge on any atom is 0.331 e. The number of benzene rings is 3. The van der Waals surface area contributed by atoms with Crippen molar-refractivity contribution in [2.45, 2.75) is 49.0 Å². The summed E-state index contributed by atoms with van der Waals surface area (Å²) in [5, 5.41) is -0.310. The van der Waals surface area contributed by atoms with E-state index in [2.05, 4.69) is 5.73 Å². The molecular weight excluding hydrogens is 532 g/mol. The second-order valence-electron chi connectivity index (χ2n) is 11.1. The number of carbonyl (C=O) groups is 3. The standard InChI is InChI=1S/C34H32N2O4S/c1-34(2)30(33(39)40-29(24-15-8-4-9-16-24)25-17-10-5-11-18-25)36-31(38)27(32(36)41-34)21-26(23-13-6-3-7-14-23)22-35-20-12-19-28(35)37/h3-11,13-18,29-30,32H,12,19-20,22H2,1-2H3/t21?,30-,32+/m0/s1. The molecule has 3 aliphatic heterocycles. The van der Waals surface area contributed by atoms with Crippen molar-refractivity contribution < 1.29 is 19.1 Å². The molecule has 6 nitrogen and oxygen atoms in total. The Morgan fingerprint density at radius 2 is 1.54 bits per heavy atom. The molecule has 0 radical (unpaired) electrons. The Morgan fingerprint density at radius 3 is 2.10 bits per heavy atom. The molecule has 41 heavy (non-hydrogen) atoms. The average Bonchev–Trinajstić information content (AvgIpc) is 3.51. The van der Waals surface area contributed by atoms with Crippen molar-refractivity contribution in [3.63, 3.8) is 0 Å². The van der Waals surface area contributed by atoms with E-state index in [1.807, 2.05) is 110 Å². The summed E-state index contributed by atoms with van der Waals surface area (Å²) in [5.41, 5.74) is 7.41. The van der Waals surface area contributed by atoms with Crippen LogP contribution < -0.4 is 0 Å². The second-order valence-corrected chi connectivity index (χ2v) is 12.9. The highest BCUT2D eigenvalue weighted by atomic mass is 32.2. The van der Waals surface area contributed by atoms with Gasteiger partial charge in [-0.2, -0.15) is 0 Å². The van der Waals surface area contributed by atoms with Crippen LogP contribution in [0.5, 0.6) is 0 Å². The predicted octanol–water partition coefficient (Wildman–Crippen LogP) is 5.61. The van der Waals surface area contributed by atoms with Crippen LogP contribution in [0.2, 0.25) is 0 Å². The lowest BCUT2D eigenvalue weighted by Gasteiger charge is -2.39. The molecular formula is C34H32N2O4S. The molecule has 208 valence electrons. The number of amides is 2. The van der Waals surface area contributed by atoms with Gasteiger partial charge in [-0.1, -0.05) is 91.0 Å². The Kier molecular flexibility index (Phi) is 7.33. The molecule has 0 bridgehead atoms. The molecule has 2 amide bonds. The summed E-state index contributed by atoms with van der Waals surface area (Å²) in [7, 11) is 0. The number of hydrogen-bond acceptors (Lipinski definition) is 5. The third kappa shape index (κ3) is 5.23. The van der Waals surface area contributed by atoms with Gasteiger partial charge in [0, 0.05) is 23.3 Å². The minimum Gasteiger partial charge on any atom is -0.451 e. The fraction of sp³-hybridized carbons (Fsp3) is 0.294. The first-order valence-electron chi connectivity index (χ1n) is 14.0. The zero-order chi connectivity index (χ0) is 28.6. The van der Waals surface area contributed by atoms with Crippen LogP contribution in [0.1, 0.15) is 49.5 Å². The Morgan fingerprint density at radius 1 is 0.951 bits per heavy atom. The van der Waals surface area contributed by atoms with Gasteiger partial charge in [-0.3, -0.25) is 9.59 Å². The fourth-order valence-electron chi connectivity index (χ4n) is 5.82. The minimum atomic E-state index is -0.745. The fourth-order valence-corrected chi connectivity index (χ4v) is 7.35. The number of carbonyl (C=O) groups excluding carboxylic acids is 3. The van der Waals surface area contributed by atoms with E-state index in [9.17, 15) is 14.4 Å². The van der Waals surface area contributed by atoms with E-state index >= 15 is 0 Å². The maximum atomic E-state index is 13.9. The van der Waals surface area contributed by atoms with Gasteiger partial charge in [0.15, 0.2) is 6.10 Å². The van der Waals surface area contributed by atoms with E-state index in [0.29, 0.717) is 25.1 Å².